The van der Waals surface area contributed by atoms with Gasteiger partial charge < -0.3 is 24.8 Å². The molecule has 7 heteroatoms. The van der Waals surface area contributed by atoms with Crippen LogP contribution in [0, 0.1) is 13.8 Å². The largest absolute Gasteiger partial charge is 0.376 e. The third-order valence-corrected chi connectivity index (χ3v) is 6.51. The Bertz CT molecular complexity index is 948. The molecule has 2 N–H and O–H groups in total. The number of hydrogen-bond acceptors (Lipinski definition) is 4. The molecule has 2 aromatic rings. The maximum Gasteiger partial charge on any atom is 0.253 e. The molecule has 0 aliphatic carbocycles. The first-order chi connectivity index (χ1) is 14.9. The average molecular weight is 445 g/mol. The van der Waals surface area contributed by atoms with E-state index < -0.39 is 0 Å². The van der Waals surface area contributed by atoms with Crippen LogP contribution in [-0.2, 0) is 11.3 Å². The second kappa shape index (κ2) is 11.1. The van der Waals surface area contributed by atoms with Crippen molar-refractivity contribution in [3.05, 3.63) is 45.2 Å². The van der Waals surface area contributed by atoms with Gasteiger partial charge in [-0.05, 0) is 75.1 Å². The number of pyridine rings is 1. The lowest BCUT2D eigenvalue weighted by atomic mass is 10.1. The fourth-order valence-electron chi connectivity index (χ4n) is 4.23. The normalized spacial score (nSPS) is 16.2. The number of nitrogens with zero attached hydrogens (tertiary/aromatic N) is 2. The summed E-state index contributed by atoms with van der Waals surface area (Å²) in [5.74, 6) is 0. The first-order valence-corrected chi connectivity index (χ1v) is 11.8. The topological polar surface area (TPSA) is 60.6 Å². The van der Waals surface area contributed by atoms with Crippen LogP contribution in [0.5, 0.6) is 0 Å². The van der Waals surface area contributed by atoms with Crippen LogP contribution in [-0.4, -0.2) is 65.3 Å². The molecule has 3 rings (SSSR count). The number of nitrogens with one attached hydrogen (secondary N) is 2. The number of benzene rings is 1. The summed E-state index contributed by atoms with van der Waals surface area (Å²) in [4.78, 5) is 20.4. The number of hydrogen-bond donors (Lipinski definition) is 2. The third kappa shape index (κ3) is 6.28. The van der Waals surface area contributed by atoms with Gasteiger partial charge in [0.05, 0.1) is 18.2 Å². The molecule has 1 saturated heterocycles. The van der Waals surface area contributed by atoms with Gasteiger partial charge in [-0.25, -0.2) is 0 Å². The number of aryl methyl sites for hydroxylation is 2. The number of likely N-dealkylation sites (N-methyl/N-ethyl adjacent to an activating group) is 1. The summed E-state index contributed by atoms with van der Waals surface area (Å²) in [5, 5.41) is 5.13. The van der Waals surface area contributed by atoms with Crippen molar-refractivity contribution in [3.8, 4) is 0 Å². The van der Waals surface area contributed by atoms with E-state index >= 15 is 0 Å². The summed E-state index contributed by atoms with van der Waals surface area (Å²) in [6.45, 7) is 14.1. The lowest BCUT2D eigenvalue weighted by Crippen LogP contribution is -2.46. The lowest BCUT2D eigenvalue weighted by Gasteiger charge is -2.29. The summed E-state index contributed by atoms with van der Waals surface area (Å²) in [5.41, 5.74) is 3.88. The monoisotopic (exact) mass is 444 g/mol. The maximum absolute atomic E-state index is 12.9. The molecule has 0 radical (unpaired) electrons. The second-order valence-electron chi connectivity index (χ2n) is 8.44. The summed E-state index contributed by atoms with van der Waals surface area (Å²) in [6.07, 6.45) is 2.39. The van der Waals surface area contributed by atoms with Crippen molar-refractivity contribution >= 4 is 28.2 Å². The quantitative estimate of drug-likeness (QED) is 0.579. The van der Waals surface area contributed by atoms with Crippen molar-refractivity contribution in [2.75, 3.05) is 39.3 Å². The SMILES string of the molecule is CCN(CC)CCN(Cc1cc2cc(C)cc(C)c2[nH]c1=O)C(=S)NC[C@H]1CCCO1. The second-order valence-corrected chi connectivity index (χ2v) is 8.83. The van der Waals surface area contributed by atoms with Crippen molar-refractivity contribution in [2.45, 2.75) is 53.2 Å². The van der Waals surface area contributed by atoms with Gasteiger partial charge in [0, 0.05) is 31.8 Å². The fourth-order valence-corrected chi connectivity index (χ4v) is 4.47. The molecule has 0 amide bonds. The molecule has 0 spiro atoms. The van der Waals surface area contributed by atoms with Crippen molar-refractivity contribution in [3.63, 3.8) is 0 Å². The molecule has 1 aromatic heterocycles. The zero-order valence-corrected chi connectivity index (χ0v) is 20.1. The van der Waals surface area contributed by atoms with Crippen LogP contribution in [0.4, 0.5) is 0 Å². The summed E-state index contributed by atoms with van der Waals surface area (Å²) >= 11 is 5.74. The number of ether oxygens (including phenoxy) is 1. The van der Waals surface area contributed by atoms with E-state index in [1.54, 1.807) is 0 Å². The van der Waals surface area contributed by atoms with Gasteiger partial charge in [0.2, 0.25) is 0 Å². The highest BCUT2D eigenvalue weighted by Gasteiger charge is 2.19. The number of thiocarbonyl (C=S) groups is 1. The van der Waals surface area contributed by atoms with Crippen molar-refractivity contribution < 1.29 is 4.74 Å². The van der Waals surface area contributed by atoms with Crippen LogP contribution in [0.15, 0.2) is 23.0 Å². The summed E-state index contributed by atoms with van der Waals surface area (Å²) in [7, 11) is 0. The molecule has 1 aliphatic heterocycles. The number of fused-ring (bicyclic) bond motifs is 1. The molecular weight excluding hydrogens is 408 g/mol. The minimum atomic E-state index is -0.0470. The van der Waals surface area contributed by atoms with Gasteiger partial charge in [-0.1, -0.05) is 25.5 Å². The standard InChI is InChI=1S/C24H36N4O2S/c1-5-27(6-2)9-10-28(24(31)25-15-21-8-7-11-30-21)16-20-14-19-13-17(3)12-18(4)22(19)26-23(20)29/h12-14,21H,5-11,15-16H2,1-4H3,(H,25,31)(H,26,29)/t21-/m1/s1. The maximum atomic E-state index is 12.9. The molecule has 0 saturated carbocycles. The van der Waals surface area contributed by atoms with Crippen molar-refractivity contribution in [1.82, 2.24) is 20.1 Å². The van der Waals surface area contributed by atoms with Crippen LogP contribution in [0.1, 0.15) is 43.4 Å². The Balaban J connectivity index is 1.79. The molecule has 1 aliphatic rings. The van der Waals surface area contributed by atoms with Gasteiger partial charge in [-0.15, -0.1) is 0 Å². The molecule has 1 aromatic carbocycles. The molecule has 1 atom stereocenters. The van der Waals surface area contributed by atoms with Gasteiger partial charge in [0.15, 0.2) is 5.11 Å². The van der Waals surface area contributed by atoms with E-state index in [0.29, 0.717) is 18.2 Å². The molecule has 170 valence electrons. The van der Waals surface area contributed by atoms with Gasteiger partial charge in [0.1, 0.15) is 0 Å². The zero-order chi connectivity index (χ0) is 22.4. The van der Waals surface area contributed by atoms with Gasteiger partial charge in [0.25, 0.3) is 5.56 Å². The first kappa shape index (κ1) is 23.7. The Kier molecular flexibility index (Phi) is 8.46. The lowest BCUT2D eigenvalue weighted by molar-refractivity contribution is 0.113. The van der Waals surface area contributed by atoms with Gasteiger partial charge >= 0.3 is 0 Å². The van der Waals surface area contributed by atoms with Crippen LogP contribution in [0.25, 0.3) is 10.9 Å². The number of H-pyrrole nitrogens is 1. The predicted octanol–water partition coefficient (Wildman–Crippen LogP) is 3.34. The molecule has 31 heavy (non-hydrogen) atoms. The van der Waals surface area contributed by atoms with E-state index in [2.05, 4.69) is 53.0 Å². The van der Waals surface area contributed by atoms with E-state index in [4.69, 9.17) is 17.0 Å². The van der Waals surface area contributed by atoms with E-state index in [1.165, 1.54) is 5.56 Å². The molecule has 6 nitrogen and oxygen atoms in total. The molecule has 2 heterocycles. The zero-order valence-electron chi connectivity index (χ0n) is 19.3. The van der Waals surface area contributed by atoms with Crippen molar-refractivity contribution in [2.24, 2.45) is 0 Å². The highest BCUT2D eigenvalue weighted by Crippen LogP contribution is 2.19. The Hall–Kier alpha value is -1.96. The molecule has 1 fully saturated rings. The Morgan fingerprint density at radius 3 is 2.68 bits per heavy atom. The fraction of sp³-hybridized carbons (Fsp3) is 0.583. The highest BCUT2D eigenvalue weighted by molar-refractivity contribution is 7.80. The Morgan fingerprint density at radius 2 is 2.00 bits per heavy atom. The van der Waals surface area contributed by atoms with Gasteiger partial charge in [-0.3, -0.25) is 4.79 Å². The minimum absolute atomic E-state index is 0.0470. The number of aromatic nitrogens is 1. The summed E-state index contributed by atoms with van der Waals surface area (Å²) < 4.78 is 5.72. The van der Waals surface area contributed by atoms with E-state index in [-0.39, 0.29) is 11.7 Å². The third-order valence-electron chi connectivity index (χ3n) is 6.10. The highest BCUT2D eigenvalue weighted by atomic mass is 32.1. The van der Waals surface area contributed by atoms with Crippen LogP contribution >= 0.6 is 12.2 Å². The first-order valence-electron chi connectivity index (χ1n) is 11.4. The van der Waals surface area contributed by atoms with E-state index in [1.807, 2.05) is 13.0 Å². The molecular formula is C24H36N4O2S. The number of aromatic amines is 1. The Labute approximate surface area is 191 Å². The minimum Gasteiger partial charge on any atom is -0.376 e. The molecule has 0 bridgehead atoms. The Morgan fingerprint density at radius 1 is 1.23 bits per heavy atom. The van der Waals surface area contributed by atoms with E-state index in [0.717, 1.165) is 67.7 Å². The smallest absolute Gasteiger partial charge is 0.253 e. The predicted molar refractivity (Wildman–Crippen MR) is 132 cm³/mol. The van der Waals surface area contributed by atoms with E-state index in [9.17, 15) is 4.79 Å². The average Bonchev–Trinajstić information content (AvgIpc) is 3.26. The summed E-state index contributed by atoms with van der Waals surface area (Å²) in [6, 6.07) is 6.23. The van der Waals surface area contributed by atoms with Crippen LogP contribution in [0.2, 0.25) is 0 Å². The molecule has 0 unspecified atom stereocenters. The van der Waals surface area contributed by atoms with Gasteiger partial charge in [-0.2, -0.15) is 0 Å². The number of rotatable bonds is 9. The van der Waals surface area contributed by atoms with Crippen LogP contribution < -0.4 is 10.9 Å². The van der Waals surface area contributed by atoms with Crippen LogP contribution in [0.3, 0.4) is 0 Å². The van der Waals surface area contributed by atoms with Crippen molar-refractivity contribution in [1.29, 1.82) is 0 Å².